The van der Waals surface area contributed by atoms with Crippen LogP contribution in [-0.4, -0.2) is 43.3 Å². The number of alkyl halides is 3. The van der Waals surface area contributed by atoms with E-state index in [-0.39, 0.29) is 17.9 Å². The summed E-state index contributed by atoms with van der Waals surface area (Å²) in [6, 6.07) is 6.42. The van der Waals surface area contributed by atoms with Gasteiger partial charge in [0.25, 0.3) is 5.91 Å². The predicted octanol–water partition coefficient (Wildman–Crippen LogP) is 5.38. The monoisotopic (exact) mass is 480 g/mol. The lowest BCUT2D eigenvalue weighted by Gasteiger charge is -2.40. The Bertz CT molecular complexity index is 1220. The van der Waals surface area contributed by atoms with E-state index >= 15 is 0 Å². The number of amides is 1. The molecular weight excluding hydrogens is 457 g/mol. The van der Waals surface area contributed by atoms with Crippen LogP contribution in [0.2, 0.25) is 0 Å². The van der Waals surface area contributed by atoms with Crippen molar-refractivity contribution < 1.29 is 18.0 Å². The Morgan fingerprint density at radius 1 is 1.17 bits per heavy atom. The van der Waals surface area contributed by atoms with Gasteiger partial charge < -0.3 is 4.90 Å². The molecule has 0 N–H and O–H groups in total. The largest absolute Gasteiger partial charge is 0.419 e. The highest BCUT2D eigenvalue weighted by atomic mass is 19.4. The predicted molar refractivity (Wildman–Crippen MR) is 122 cm³/mol. The van der Waals surface area contributed by atoms with E-state index in [2.05, 4.69) is 31.7 Å². The molecule has 3 heterocycles. The van der Waals surface area contributed by atoms with Gasteiger partial charge in [-0.25, -0.2) is 24.8 Å². The van der Waals surface area contributed by atoms with Crippen molar-refractivity contribution >= 4 is 11.6 Å². The second kappa shape index (κ2) is 10.2. The second-order valence-corrected chi connectivity index (χ2v) is 8.52. The Hall–Kier alpha value is -3.87. The smallest absolute Gasteiger partial charge is 0.335 e. The lowest BCUT2D eigenvalue weighted by Crippen LogP contribution is -2.48. The Balaban J connectivity index is 1.59. The van der Waals surface area contributed by atoms with Gasteiger partial charge in [0.15, 0.2) is 11.5 Å². The van der Waals surface area contributed by atoms with E-state index in [1.165, 1.54) is 0 Å². The molecule has 2 aromatic heterocycles. The minimum Gasteiger partial charge on any atom is -0.335 e. The number of aromatic nitrogens is 4. The number of carbonyl (C=O) groups is 1. The van der Waals surface area contributed by atoms with Gasteiger partial charge in [-0.2, -0.15) is 13.2 Å². The zero-order valence-corrected chi connectivity index (χ0v) is 19.0. The van der Waals surface area contributed by atoms with Gasteiger partial charge in [0, 0.05) is 54.9 Å². The summed E-state index contributed by atoms with van der Waals surface area (Å²) in [7, 11) is 0. The summed E-state index contributed by atoms with van der Waals surface area (Å²) in [5.74, 6) is 0.661. The minimum absolute atomic E-state index is 0.150. The minimum atomic E-state index is -4.49. The van der Waals surface area contributed by atoms with Crippen molar-refractivity contribution in [2.24, 2.45) is 5.92 Å². The maximum Gasteiger partial charge on any atom is 0.419 e. The molecule has 0 unspecified atom stereocenters. The number of nitrogens with zero attached hydrogens (tertiary/aromatic N) is 6. The maximum absolute atomic E-state index is 13.8. The van der Waals surface area contributed by atoms with Crippen LogP contribution in [0.5, 0.6) is 0 Å². The molecule has 1 saturated heterocycles. The van der Waals surface area contributed by atoms with E-state index in [0.29, 0.717) is 47.8 Å². The van der Waals surface area contributed by atoms with Gasteiger partial charge in [-0.1, -0.05) is 19.1 Å². The van der Waals surface area contributed by atoms with E-state index in [9.17, 15) is 18.0 Å². The standard InChI is InChI=1S/C25H23F3N6O/c1-16-5-3-12-34(21(16)8-9-22-32-14-17(15-33-22)25(26,27)28)24(35)20-13-18(29-2)6-7-19(20)23-30-10-4-11-31-23/h4,6-7,10-11,13-16,21H,3,5,8-9,12H2,1H3/t16-,21-/m1/s1. The molecule has 4 rings (SSSR count). The van der Waals surface area contributed by atoms with Crippen molar-refractivity contribution in [3.8, 4) is 11.4 Å². The Kier molecular flexibility index (Phi) is 7.05. The molecule has 1 fully saturated rings. The molecule has 0 saturated carbocycles. The second-order valence-electron chi connectivity index (χ2n) is 8.52. The summed E-state index contributed by atoms with van der Waals surface area (Å²) in [5, 5.41) is 0. The molecular formula is C25H23F3N6O. The van der Waals surface area contributed by atoms with Crippen molar-refractivity contribution in [1.82, 2.24) is 24.8 Å². The molecule has 0 aliphatic carbocycles. The number of hydrogen-bond acceptors (Lipinski definition) is 5. The van der Waals surface area contributed by atoms with Crippen LogP contribution in [-0.2, 0) is 12.6 Å². The molecule has 1 aromatic carbocycles. The number of aryl methyl sites for hydroxylation is 1. The van der Waals surface area contributed by atoms with Gasteiger partial charge in [-0.05, 0) is 37.3 Å². The van der Waals surface area contributed by atoms with Crippen LogP contribution in [0.1, 0.15) is 47.9 Å². The van der Waals surface area contributed by atoms with E-state index in [1.807, 2.05) is 0 Å². The van der Waals surface area contributed by atoms with Crippen LogP contribution in [0, 0.1) is 12.5 Å². The highest BCUT2D eigenvalue weighted by molar-refractivity contribution is 6.01. The molecule has 1 aliphatic rings. The third-order valence-corrected chi connectivity index (χ3v) is 6.24. The first-order valence-corrected chi connectivity index (χ1v) is 11.3. The highest BCUT2D eigenvalue weighted by Gasteiger charge is 2.34. The molecule has 0 bridgehead atoms. The van der Waals surface area contributed by atoms with Crippen molar-refractivity contribution in [2.75, 3.05) is 6.54 Å². The van der Waals surface area contributed by atoms with Crippen LogP contribution < -0.4 is 0 Å². The fraction of sp³-hybridized carbons (Fsp3) is 0.360. The number of likely N-dealkylation sites (tertiary alicyclic amines) is 1. The molecule has 10 heteroatoms. The zero-order chi connectivity index (χ0) is 25.0. The van der Waals surface area contributed by atoms with Crippen molar-refractivity contribution in [1.29, 1.82) is 0 Å². The normalized spacial score (nSPS) is 18.2. The lowest BCUT2D eigenvalue weighted by atomic mass is 9.87. The molecule has 1 aliphatic heterocycles. The van der Waals surface area contributed by atoms with Gasteiger partial charge in [-0.3, -0.25) is 4.79 Å². The van der Waals surface area contributed by atoms with Crippen LogP contribution in [0.15, 0.2) is 49.1 Å². The van der Waals surface area contributed by atoms with Crippen LogP contribution >= 0.6 is 0 Å². The number of hydrogen-bond donors (Lipinski definition) is 0. The third kappa shape index (κ3) is 5.45. The summed E-state index contributed by atoms with van der Waals surface area (Å²) in [5.41, 5.74) is 0.355. The van der Waals surface area contributed by atoms with E-state index in [4.69, 9.17) is 6.57 Å². The Morgan fingerprint density at radius 2 is 1.89 bits per heavy atom. The van der Waals surface area contributed by atoms with E-state index in [0.717, 1.165) is 25.2 Å². The quantitative estimate of drug-likeness (QED) is 0.459. The number of halogens is 3. The first kappa shape index (κ1) is 24.3. The van der Waals surface area contributed by atoms with Gasteiger partial charge in [-0.15, -0.1) is 0 Å². The summed E-state index contributed by atoms with van der Waals surface area (Å²) in [6.07, 6.45) is 2.89. The zero-order valence-electron chi connectivity index (χ0n) is 19.0. The van der Waals surface area contributed by atoms with E-state index in [1.54, 1.807) is 41.6 Å². The molecule has 1 amide bonds. The van der Waals surface area contributed by atoms with Crippen molar-refractivity contribution in [2.45, 2.75) is 44.8 Å². The third-order valence-electron chi connectivity index (χ3n) is 6.24. The summed E-state index contributed by atoms with van der Waals surface area (Å²) in [6.45, 7) is 9.98. The molecule has 0 spiro atoms. The van der Waals surface area contributed by atoms with Gasteiger partial charge in [0.2, 0.25) is 0 Å². The first-order chi connectivity index (χ1) is 16.8. The van der Waals surface area contributed by atoms with Gasteiger partial charge in [0.1, 0.15) is 5.82 Å². The number of carbonyl (C=O) groups excluding carboxylic acids is 1. The SMILES string of the molecule is [C-]#[N+]c1ccc(-c2ncccn2)c(C(=O)N2CCC[C@@H](C)[C@H]2CCc2ncc(C(F)(F)F)cn2)c1. The topological polar surface area (TPSA) is 76.2 Å². The van der Waals surface area contributed by atoms with Crippen LogP contribution in [0.4, 0.5) is 18.9 Å². The maximum atomic E-state index is 13.8. The number of benzene rings is 1. The number of piperidine rings is 1. The molecule has 3 aromatic rings. The summed E-state index contributed by atoms with van der Waals surface area (Å²) in [4.78, 5) is 35.4. The molecule has 0 radical (unpaired) electrons. The van der Waals surface area contributed by atoms with Crippen molar-refractivity contribution in [3.63, 3.8) is 0 Å². The fourth-order valence-electron chi connectivity index (χ4n) is 4.42. The average molecular weight is 480 g/mol. The first-order valence-electron chi connectivity index (χ1n) is 11.3. The average Bonchev–Trinajstić information content (AvgIpc) is 2.87. The lowest BCUT2D eigenvalue weighted by molar-refractivity contribution is -0.138. The highest BCUT2D eigenvalue weighted by Crippen LogP contribution is 2.32. The van der Waals surface area contributed by atoms with Crippen LogP contribution in [0.3, 0.4) is 0 Å². The molecule has 7 nitrogen and oxygen atoms in total. The molecule has 180 valence electrons. The molecule has 2 atom stereocenters. The van der Waals surface area contributed by atoms with E-state index < -0.39 is 11.7 Å². The van der Waals surface area contributed by atoms with Crippen LogP contribution in [0.25, 0.3) is 16.2 Å². The van der Waals surface area contributed by atoms with Gasteiger partial charge in [0.05, 0.1) is 12.1 Å². The molecule has 35 heavy (non-hydrogen) atoms. The fourth-order valence-corrected chi connectivity index (χ4v) is 4.42. The Morgan fingerprint density at radius 3 is 2.54 bits per heavy atom. The Labute approximate surface area is 200 Å². The van der Waals surface area contributed by atoms with Crippen molar-refractivity contribution in [3.05, 3.63) is 77.4 Å². The summed E-state index contributed by atoms with van der Waals surface area (Å²) < 4.78 is 38.4. The summed E-state index contributed by atoms with van der Waals surface area (Å²) >= 11 is 0. The number of rotatable bonds is 5. The van der Waals surface area contributed by atoms with Gasteiger partial charge >= 0.3 is 6.18 Å².